The summed E-state index contributed by atoms with van der Waals surface area (Å²) in [6.07, 6.45) is 1.74. The highest BCUT2D eigenvalue weighted by atomic mass is 35.5. The molecule has 0 aliphatic rings. The molecule has 0 atom stereocenters. The number of halogens is 2. The van der Waals surface area contributed by atoms with E-state index in [1.807, 2.05) is 41.0 Å². The van der Waals surface area contributed by atoms with Gasteiger partial charge in [-0.1, -0.05) is 17.7 Å². The number of rotatable bonds is 2. The first-order valence-corrected chi connectivity index (χ1v) is 6.35. The maximum absolute atomic E-state index is 6.02. The first kappa shape index (κ1) is 11.5. The molecule has 3 rings (SSSR count). The summed E-state index contributed by atoms with van der Waals surface area (Å²) in [5, 5.41) is 0.672. The quantitative estimate of drug-likeness (QED) is 0.667. The molecule has 1 aromatic carbocycles. The van der Waals surface area contributed by atoms with Crippen molar-refractivity contribution >= 4 is 34.4 Å². The summed E-state index contributed by atoms with van der Waals surface area (Å²) in [6.45, 7) is 0. The van der Waals surface area contributed by atoms with Gasteiger partial charge >= 0.3 is 0 Å². The van der Waals surface area contributed by atoms with Crippen molar-refractivity contribution in [3.05, 3.63) is 53.4 Å². The number of aromatic nitrogens is 3. The van der Waals surface area contributed by atoms with Crippen molar-refractivity contribution < 1.29 is 0 Å². The summed E-state index contributed by atoms with van der Waals surface area (Å²) in [5.74, 6) is 1.08. The fourth-order valence-electron chi connectivity index (χ4n) is 1.94. The van der Waals surface area contributed by atoms with Crippen molar-refractivity contribution in [1.82, 2.24) is 14.5 Å². The van der Waals surface area contributed by atoms with Crippen LogP contribution in [0.25, 0.3) is 16.9 Å². The summed E-state index contributed by atoms with van der Waals surface area (Å²) in [7, 11) is 0. The van der Waals surface area contributed by atoms with Crippen molar-refractivity contribution in [2.45, 2.75) is 5.88 Å². The van der Waals surface area contributed by atoms with Gasteiger partial charge in [-0.05, 0) is 30.3 Å². The van der Waals surface area contributed by atoms with Gasteiger partial charge in [-0.2, -0.15) is 0 Å². The summed E-state index contributed by atoms with van der Waals surface area (Å²) in [5.41, 5.74) is 2.53. The number of imidazole rings is 1. The van der Waals surface area contributed by atoms with Crippen LogP contribution in [0, 0.1) is 0 Å². The zero-order valence-corrected chi connectivity index (χ0v) is 10.9. The minimum absolute atomic E-state index is 0.322. The number of benzene rings is 1. The van der Waals surface area contributed by atoms with Gasteiger partial charge < -0.3 is 0 Å². The van der Waals surface area contributed by atoms with E-state index in [0.717, 1.165) is 22.7 Å². The number of hydrogen-bond donors (Lipinski definition) is 0. The van der Waals surface area contributed by atoms with E-state index in [2.05, 4.69) is 9.97 Å². The fraction of sp³-hybridized carbons (Fsp3) is 0.0769. The van der Waals surface area contributed by atoms with E-state index in [1.165, 1.54) is 0 Å². The molecule has 0 amide bonds. The molecule has 3 nitrogen and oxygen atoms in total. The Balaban J connectivity index is 2.33. The minimum atomic E-state index is 0.322. The molecule has 0 aliphatic heterocycles. The van der Waals surface area contributed by atoms with Gasteiger partial charge in [0.25, 0.3) is 0 Å². The Hall–Kier alpha value is -1.58. The van der Waals surface area contributed by atoms with Crippen LogP contribution in [0.1, 0.15) is 5.82 Å². The molecule has 18 heavy (non-hydrogen) atoms. The normalized spacial score (nSPS) is 11.0. The third-order valence-electron chi connectivity index (χ3n) is 2.67. The molecule has 0 N–H and O–H groups in total. The summed E-state index contributed by atoms with van der Waals surface area (Å²) in [4.78, 5) is 8.82. The highest BCUT2D eigenvalue weighted by molar-refractivity contribution is 6.30. The van der Waals surface area contributed by atoms with Crippen LogP contribution in [0.4, 0.5) is 0 Å². The van der Waals surface area contributed by atoms with Gasteiger partial charge in [-0.15, -0.1) is 11.6 Å². The maximum Gasteiger partial charge on any atom is 0.164 e. The molecule has 90 valence electrons. The maximum atomic E-state index is 6.02. The first-order chi connectivity index (χ1) is 8.79. The van der Waals surface area contributed by atoms with Crippen molar-refractivity contribution in [3.63, 3.8) is 0 Å². The number of alkyl halides is 1. The molecule has 2 aromatic heterocycles. The lowest BCUT2D eigenvalue weighted by Gasteiger charge is -2.07. The van der Waals surface area contributed by atoms with Crippen molar-refractivity contribution in [1.29, 1.82) is 0 Å². The summed E-state index contributed by atoms with van der Waals surface area (Å²) < 4.78 is 1.92. The fourth-order valence-corrected chi connectivity index (χ4v) is 2.30. The van der Waals surface area contributed by atoms with Crippen LogP contribution in [0.2, 0.25) is 5.02 Å². The third kappa shape index (κ3) is 1.85. The van der Waals surface area contributed by atoms with E-state index in [-0.39, 0.29) is 0 Å². The van der Waals surface area contributed by atoms with Crippen molar-refractivity contribution in [3.8, 4) is 5.69 Å². The average molecular weight is 278 g/mol. The Kier molecular flexibility index (Phi) is 2.94. The molecular weight excluding hydrogens is 269 g/mol. The van der Waals surface area contributed by atoms with Crippen LogP contribution < -0.4 is 0 Å². The van der Waals surface area contributed by atoms with Crippen molar-refractivity contribution in [2.24, 2.45) is 0 Å². The molecule has 0 saturated heterocycles. The Morgan fingerprint density at radius 1 is 1.17 bits per heavy atom. The molecule has 0 unspecified atom stereocenters. The van der Waals surface area contributed by atoms with Gasteiger partial charge in [-0.25, -0.2) is 9.97 Å². The average Bonchev–Trinajstić information content (AvgIpc) is 2.77. The van der Waals surface area contributed by atoms with Gasteiger partial charge in [0.15, 0.2) is 5.65 Å². The second-order valence-corrected chi connectivity index (χ2v) is 4.53. The lowest BCUT2D eigenvalue weighted by molar-refractivity contribution is 0.970. The Morgan fingerprint density at radius 3 is 2.83 bits per heavy atom. The second kappa shape index (κ2) is 4.59. The van der Waals surface area contributed by atoms with Gasteiger partial charge in [-0.3, -0.25) is 4.57 Å². The number of nitrogens with zero attached hydrogens (tertiary/aromatic N) is 3. The molecule has 2 heterocycles. The van der Waals surface area contributed by atoms with Crippen LogP contribution in [0.5, 0.6) is 0 Å². The second-order valence-electron chi connectivity index (χ2n) is 3.82. The van der Waals surface area contributed by atoms with E-state index in [0.29, 0.717) is 10.9 Å². The van der Waals surface area contributed by atoms with Gasteiger partial charge in [0, 0.05) is 11.2 Å². The van der Waals surface area contributed by atoms with Crippen LogP contribution in [0.3, 0.4) is 0 Å². The monoisotopic (exact) mass is 277 g/mol. The van der Waals surface area contributed by atoms with E-state index < -0.39 is 0 Å². The van der Waals surface area contributed by atoms with E-state index in [9.17, 15) is 0 Å². The highest BCUT2D eigenvalue weighted by Gasteiger charge is 2.12. The molecule has 5 heteroatoms. The predicted molar refractivity (Wildman–Crippen MR) is 73.4 cm³/mol. The molecule has 0 spiro atoms. The molecule has 0 aliphatic carbocycles. The number of pyridine rings is 1. The molecule has 0 radical (unpaired) electrons. The van der Waals surface area contributed by atoms with Crippen molar-refractivity contribution in [2.75, 3.05) is 0 Å². The van der Waals surface area contributed by atoms with Crippen LogP contribution >= 0.6 is 23.2 Å². The van der Waals surface area contributed by atoms with E-state index >= 15 is 0 Å². The highest BCUT2D eigenvalue weighted by Crippen LogP contribution is 2.22. The molecule has 0 bridgehead atoms. The van der Waals surface area contributed by atoms with Gasteiger partial charge in [0.1, 0.15) is 11.3 Å². The Morgan fingerprint density at radius 2 is 2.06 bits per heavy atom. The Labute approximate surface area is 114 Å². The van der Waals surface area contributed by atoms with Crippen LogP contribution in [-0.2, 0) is 5.88 Å². The van der Waals surface area contributed by atoms with E-state index in [4.69, 9.17) is 23.2 Å². The summed E-state index contributed by atoms with van der Waals surface area (Å²) >= 11 is 12.0. The standard InChI is InChI=1S/C13H9Cl2N3/c14-8-12-17-11-5-2-6-16-13(11)18(12)10-4-1-3-9(15)7-10/h1-7H,8H2. The Bertz CT molecular complexity index is 706. The topological polar surface area (TPSA) is 30.7 Å². The third-order valence-corrected chi connectivity index (χ3v) is 3.15. The molecule has 0 saturated carbocycles. The first-order valence-electron chi connectivity index (χ1n) is 5.44. The predicted octanol–water partition coefficient (Wildman–Crippen LogP) is 3.81. The zero-order chi connectivity index (χ0) is 12.5. The lowest BCUT2D eigenvalue weighted by atomic mass is 10.3. The minimum Gasteiger partial charge on any atom is -0.280 e. The SMILES string of the molecule is ClCc1nc2cccnc2n1-c1cccc(Cl)c1. The van der Waals surface area contributed by atoms with Gasteiger partial charge in [0.05, 0.1) is 11.6 Å². The van der Waals surface area contributed by atoms with E-state index in [1.54, 1.807) is 6.20 Å². The smallest absolute Gasteiger partial charge is 0.164 e. The number of hydrogen-bond acceptors (Lipinski definition) is 2. The summed E-state index contributed by atoms with van der Waals surface area (Å²) in [6, 6.07) is 11.3. The largest absolute Gasteiger partial charge is 0.280 e. The lowest BCUT2D eigenvalue weighted by Crippen LogP contribution is -1.99. The zero-order valence-electron chi connectivity index (χ0n) is 9.35. The molecular formula is C13H9Cl2N3. The van der Waals surface area contributed by atoms with Gasteiger partial charge in [0.2, 0.25) is 0 Å². The molecule has 0 fully saturated rings. The number of fused-ring (bicyclic) bond motifs is 1. The van der Waals surface area contributed by atoms with Crippen LogP contribution in [0.15, 0.2) is 42.6 Å². The van der Waals surface area contributed by atoms with Crippen LogP contribution in [-0.4, -0.2) is 14.5 Å². The molecule has 3 aromatic rings.